The van der Waals surface area contributed by atoms with Crippen molar-refractivity contribution in [3.05, 3.63) is 15.9 Å². The maximum atomic E-state index is 9.67. The Hall–Kier alpha value is -0.390. The third-order valence-corrected chi connectivity index (χ3v) is 3.04. The summed E-state index contributed by atoms with van der Waals surface area (Å²) in [5.74, 6) is 0. The molecule has 0 unspecified atom stereocenters. The fraction of sp³-hybridized carbons (Fsp3) is 0.667. The first-order valence-electron chi connectivity index (χ1n) is 4.62. The minimum absolute atomic E-state index is 0.0361. The summed E-state index contributed by atoms with van der Waals surface area (Å²) in [6, 6.07) is 0. The first-order valence-corrected chi connectivity index (χ1v) is 5.41. The van der Waals surface area contributed by atoms with Crippen LogP contribution in [0, 0.1) is 0 Å². The number of aliphatic hydroxyl groups is 2. The summed E-state index contributed by atoms with van der Waals surface area (Å²) in [6.07, 6.45) is 0.482. The molecule has 0 saturated heterocycles. The molecule has 0 aliphatic carbocycles. The lowest BCUT2D eigenvalue weighted by Gasteiger charge is -2.05. The average molecular weight is 263 g/mol. The zero-order valence-electron chi connectivity index (χ0n) is 8.37. The van der Waals surface area contributed by atoms with Crippen LogP contribution in [0.25, 0.3) is 0 Å². The molecule has 0 amide bonds. The van der Waals surface area contributed by atoms with Crippen molar-refractivity contribution in [3.63, 3.8) is 0 Å². The van der Waals surface area contributed by atoms with Crippen LogP contribution in [0.2, 0.25) is 0 Å². The van der Waals surface area contributed by atoms with Gasteiger partial charge in [0.25, 0.3) is 0 Å². The zero-order chi connectivity index (χ0) is 10.7. The first kappa shape index (κ1) is 11.7. The highest BCUT2D eigenvalue weighted by Crippen LogP contribution is 2.27. The molecule has 1 rings (SSSR count). The van der Waals surface area contributed by atoms with Crippen LogP contribution >= 0.6 is 15.9 Å². The van der Waals surface area contributed by atoms with Gasteiger partial charge in [-0.25, -0.2) is 0 Å². The third kappa shape index (κ3) is 2.16. The first-order chi connectivity index (χ1) is 6.61. The summed E-state index contributed by atoms with van der Waals surface area (Å²) in [4.78, 5) is 0. The molecular weight excluding hydrogens is 248 g/mol. The van der Waals surface area contributed by atoms with E-state index in [1.165, 1.54) is 0 Å². The predicted molar refractivity (Wildman–Crippen MR) is 56.9 cm³/mol. The van der Waals surface area contributed by atoms with Crippen LogP contribution in [0.15, 0.2) is 4.47 Å². The fourth-order valence-corrected chi connectivity index (χ4v) is 2.29. The fourth-order valence-electron chi connectivity index (χ4n) is 1.41. The van der Waals surface area contributed by atoms with Gasteiger partial charge in [-0.05, 0) is 22.4 Å². The summed E-state index contributed by atoms with van der Waals surface area (Å²) in [5, 5.41) is 22.6. The van der Waals surface area contributed by atoms with Crippen LogP contribution in [0.5, 0.6) is 0 Å². The highest BCUT2D eigenvalue weighted by molar-refractivity contribution is 9.10. The summed E-state index contributed by atoms with van der Waals surface area (Å²) in [6.45, 7) is 2.00. The van der Waals surface area contributed by atoms with Crippen LogP contribution in [0.1, 0.15) is 30.8 Å². The number of aromatic nitrogens is 2. The Morgan fingerprint density at radius 1 is 1.57 bits per heavy atom. The highest BCUT2D eigenvalue weighted by atomic mass is 79.9. The van der Waals surface area contributed by atoms with Crippen LogP contribution in [0.3, 0.4) is 0 Å². The van der Waals surface area contributed by atoms with E-state index < -0.39 is 6.10 Å². The number of nitrogens with zero attached hydrogens (tertiary/aromatic N) is 2. The van der Waals surface area contributed by atoms with E-state index in [0.717, 1.165) is 16.6 Å². The Morgan fingerprint density at radius 2 is 2.21 bits per heavy atom. The molecule has 14 heavy (non-hydrogen) atoms. The van der Waals surface area contributed by atoms with Gasteiger partial charge in [0.1, 0.15) is 11.8 Å². The van der Waals surface area contributed by atoms with E-state index >= 15 is 0 Å². The number of aryl methyl sites for hydroxylation is 1. The third-order valence-electron chi connectivity index (χ3n) is 2.18. The van der Waals surface area contributed by atoms with Crippen LogP contribution < -0.4 is 0 Å². The minimum Gasteiger partial charge on any atom is -0.396 e. The average Bonchev–Trinajstić information content (AvgIpc) is 2.42. The standard InChI is InChI=1S/C9H15BrN2O2/c1-3-6-8(10)9(11-12(6)2)7(14)4-5-13/h7,13-14H,3-5H2,1-2H3/t7-/m1/s1. The molecule has 0 bridgehead atoms. The van der Waals surface area contributed by atoms with Crippen molar-refractivity contribution in [2.75, 3.05) is 6.61 Å². The highest BCUT2D eigenvalue weighted by Gasteiger charge is 2.18. The molecule has 0 aliphatic rings. The molecule has 0 aromatic carbocycles. The van der Waals surface area contributed by atoms with Gasteiger partial charge in [0, 0.05) is 20.1 Å². The van der Waals surface area contributed by atoms with Crippen molar-refractivity contribution in [1.82, 2.24) is 9.78 Å². The number of aliphatic hydroxyl groups excluding tert-OH is 2. The van der Waals surface area contributed by atoms with Gasteiger partial charge < -0.3 is 10.2 Å². The second-order valence-corrected chi connectivity index (χ2v) is 3.94. The van der Waals surface area contributed by atoms with E-state index in [0.29, 0.717) is 12.1 Å². The van der Waals surface area contributed by atoms with Gasteiger partial charge in [0.2, 0.25) is 0 Å². The summed E-state index contributed by atoms with van der Waals surface area (Å²) >= 11 is 3.41. The van der Waals surface area contributed by atoms with Gasteiger partial charge in [0.15, 0.2) is 0 Å². The minimum atomic E-state index is -0.694. The van der Waals surface area contributed by atoms with Crippen molar-refractivity contribution in [2.24, 2.45) is 7.05 Å². The van der Waals surface area contributed by atoms with Crippen molar-refractivity contribution in [1.29, 1.82) is 0 Å². The van der Waals surface area contributed by atoms with Gasteiger partial charge >= 0.3 is 0 Å². The van der Waals surface area contributed by atoms with Gasteiger partial charge in [-0.1, -0.05) is 6.92 Å². The van der Waals surface area contributed by atoms with Crippen molar-refractivity contribution in [2.45, 2.75) is 25.9 Å². The molecule has 2 N–H and O–H groups in total. The summed E-state index contributed by atoms with van der Waals surface area (Å²) in [7, 11) is 1.85. The second-order valence-electron chi connectivity index (χ2n) is 3.15. The number of halogens is 1. The number of hydrogen-bond acceptors (Lipinski definition) is 3. The molecule has 1 atom stereocenters. The van der Waals surface area contributed by atoms with Crippen molar-refractivity contribution < 1.29 is 10.2 Å². The molecule has 0 fully saturated rings. The van der Waals surface area contributed by atoms with Crippen molar-refractivity contribution >= 4 is 15.9 Å². The Labute approximate surface area is 91.7 Å². The monoisotopic (exact) mass is 262 g/mol. The maximum Gasteiger partial charge on any atom is 0.105 e. The lowest BCUT2D eigenvalue weighted by atomic mass is 10.2. The molecule has 80 valence electrons. The Kier molecular flexibility index (Phi) is 4.10. The predicted octanol–water partition coefficient (Wildman–Crippen LogP) is 1.16. The van der Waals surface area contributed by atoms with Gasteiger partial charge in [-0.15, -0.1) is 0 Å². The van der Waals surface area contributed by atoms with Crippen LogP contribution in [0.4, 0.5) is 0 Å². The smallest absolute Gasteiger partial charge is 0.105 e. The molecule has 0 spiro atoms. The van der Waals surface area contributed by atoms with E-state index in [4.69, 9.17) is 5.11 Å². The molecule has 1 aromatic heterocycles. The van der Waals surface area contributed by atoms with Gasteiger partial charge in [0.05, 0.1) is 10.2 Å². The van der Waals surface area contributed by atoms with Gasteiger partial charge in [-0.3, -0.25) is 4.68 Å². The Morgan fingerprint density at radius 3 is 2.64 bits per heavy atom. The SMILES string of the molecule is CCc1c(Br)c([C@H](O)CCO)nn1C. The lowest BCUT2D eigenvalue weighted by molar-refractivity contribution is 0.129. The molecule has 1 aromatic rings. The summed E-state index contributed by atoms with van der Waals surface area (Å²) in [5.41, 5.74) is 1.66. The molecule has 4 nitrogen and oxygen atoms in total. The molecule has 5 heteroatoms. The van der Waals surface area contributed by atoms with E-state index in [1.54, 1.807) is 4.68 Å². The topological polar surface area (TPSA) is 58.3 Å². The maximum absolute atomic E-state index is 9.67. The van der Waals surface area contributed by atoms with E-state index in [-0.39, 0.29) is 6.61 Å². The van der Waals surface area contributed by atoms with E-state index in [1.807, 2.05) is 14.0 Å². The second kappa shape index (κ2) is 4.91. The van der Waals surface area contributed by atoms with Crippen molar-refractivity contribution in [3.8, 4) is 0 Å². The summed E-state index contributed by atoms with van der Waals surface area (Å²) < 4.78 is 2.60. The van der Waals surface area contributed by atoms with Crippen LogP contribution in [-0.4, -0.2) is 26.6 Å². The van der Waals surface area contributed by atoms with E-state index in [9.17, 15) is 5.11 Å². The van der Waals surface area contributed by atoms with E-state index in [2.05, 4.69) is 21.0 Å². The Balaban J connectivity index is 2.98. The molecule has 0 aliphatic heterocycles. The quantitative estimate of drug-likeness (QED) is 0.857. The number of hydrogen-bond donors (Lipinski definition) is 2. The Bertz CT molecular complexity index is 312. The largest absolute Gasteiger partial charge is 0.396 e. The molecular formula is C9H15BrN2O2. The normalized spacial score (nSPS) is 13.2. The number of rotatable bonds is 4. The zero-order valence-corrected chi connectivity index (χ0v) is 9.95. The van der Waals surface area contributed by atoms with Gasteiger partial charge in [-0.2, -0.15) is 5.10 Å². The molecule has 1 heterocycles. The molecule has 0 saturated carbocycles. The lowest BCUT2D eigenvalue weighted by Crippen LogP contribution is -2.02. The van der Waals surface area contributed by atoms with Crippen LogP contribution in [-0.2, 0) is 13.5 Å². The molecule has 0 radical (unpaired) electrons.